The van der Waals surface area contributed by atoms with E-state index in [-0.39, 0.29) is 67.9 Å². The summed E-state index contributed by atoms with van der Waals surface area (Å²) in [6, 6.07) is 24.4. The first kappa shape index (κ1) is 74.0. The van der Waals surface area contributed by atoms with Crippen LogP contribution in [-0.2, 0) is 59.4 Å². The van der Waals surface area contributed by atoms with Gasteiger partial charge in [0.1, 0.15) is 43.5 Å². The van der Waals surface area contributed by atoms with Gasteiger partial charge in [0.2, 0.25) is 11.6 Å². The minimum absolute atomic E-state index is 0.00749. The maximum Gasteiger partial charge on any atom is 0.490 e. The molecule has 3 fully saturated rings. The van der Waals surface area contributed by atoms with Crippen LogP contribution in [-0.4, -0.2) is 170 Å². The van der Waals surface area contributed by atoms with Crippen molar-refractivity contribution < 1.29 is 93.4 Å². The van der Waals surface area contributed by atoms with Crippen molar-refractivity contribution in [3.8, 4) is 0 Å². The number of nitrogens with one attached hydrogen (secondary N) is 5. The first-order valence-electron chi connectivity index (χ1n) is 30.6. The van der Waals surface area contributed by atoms with Crippen molar-refractivity contribution >= 4 is 71.5 Å². The molecule has 0 unspecified atom stereocenters. The molecule has 3 saturated heterocycles. The Kier molecular flexibility index (Phi) is 27.0. The molecule has 2 atom stereocenters. The van der Waals surface area contributed by atoms with Gasteiger partial charge in [-0.25, -0.2) is 53.9 Å². The van der Waals surface area contributed by atoms with E-state index in [9.17, 15) is 50.6 Å². The Morgan fingerprint density at radius 2 is 1.13 bits per heavy atom. The average molecular weight is 1370 g/mol. The lowest BCUT2D eigenvalue weighted by atomic mass is 9.92. The zero-order chi connectivity index (χ0) is 70.2. The highest BCUT2D eigenvalue weighted by molar-refractivity contribution is 5.86. The van der Waals surface area contributed by atoms with E-state index < -0.39 is 72.4 Å². The summed E-state index contributed by atoms with van der Waals surface area (Å²) in [5, 5.41) is 38.2. The second-order valence-electron chi connectivity index (χ2n) is 22.6. The quantitative estimate of drug-likeness (QED) is 0.0193. The Bertz CT molecular complexity index is 3600. The van der Waals surface area contributed by atoms with Crippen molar-refractivity contribution in [2.24, 2.45) is 0 Å². The molecule has 9 heterocycles. The van der Waals surface area contributed by atoms with Gasteiger partial charge in [-0.3, -0.25) is 9.69 Å². The van der Waals surface area contributed by atoms with E-state index in [4.69, 9.17) is 44.0 Å². The third-order valence-electron chi connectivity index (χ3n) is 15.7. The standard InChI is InChI=1S/C31H36FN7O4.C28H32FN7O4.C2HF3O2.CHF3.CH2O2/c1-31(2)39(30(41)42-18-20-7-4-3-5-8-20)24(29(40)43-31)17-34-27-25(32)28(36-19-35-27)38-15-12-21(13-16-38)23-11-10-22-9-6-14-33-26(22)37-23;29-23-25(31-15-22(27(37)38)35-28(39)40-16-18-5-2-1-3-6-18)32-17-33-26(23)36-13-10-19(11-14-36)21-9-8-20-7-4-12-30-24(20)34-21;3-2(4,5)1(6)7;2-1(3)4;2-1-3/h3-5,7-8,10-11,19,21,24H,6,9,12-18H2,1-2H3,(H,33,37)(H,34,35,36);1-3,5-6,8-9,17,19,22H,4,7,10-16H2,(H,30,34)(H,35,39)(H,37,38)(H,31,32,33);(H,6,7);1H;1H,(H,2,3)/t24-;22-;;;/m00.../s1. The van der Waals surface area contributed by atoms with Crippen LogP contribution in [0.2, 0.25) is 0 Å². The SMILES string of the molecule is CC1(C)OC(=O)[C@H](CNc2ncnc(N3CCC(c4ccc5c(n4)NCCC5)CC3)c2F)N1C(=O)OCc1ccccc1.FC(F)F.O=C(N[C@@H](CNc1ncnc(N2CCC(c3ccc4c(n3)NCCC4)CC2)c1F)C(=O)O)OCc1ccccc1.O=C(O)C(F)(F)F.O=CO. The number of halogens is 8. The number of aryl methyl sites for hydroxylation is 2. The number of carboxylic acid groups (broad SMARTS) is 3. The number of rotatable bonds is 16. The van der Waals surface area contributed by atoms with E-state index in [1.165, 1.54) is 28.7 Å². The number of hydrogen-bond acceptors (Lipinski definition) is 21. The Morgan fingerprint density at radius 1 is 0.701 bits per heavy atom. The number of aliphatic carboxylic acids is 2. The maximum atomic E-state index is 15.7. The van der Waals surface area contributed by atoms with E-state index in [1.54, 1.807) is 38.1 Å². The maximum absolute atomic E-state index is 15.7. The summed E-state index contributed by atoms with van der Waals surface area (Å²) in [5.41, 5.74) is 4.96. The van der Waals surface area contributed by atoms with E-state index >= 15 is 8.78 Å². The minimum atomic E-state index is -5.08. The lowest BCUT2D eigenvalue weighted by molar-refractivity contribution is -0.192. The van der Waals surface area contributed by atoms with Gasteiger partial charge in [-0.1, -0.05) is 72.8 Å². The highest BCUT2D eigenvalue weighted by atomic mass is 19.4. The van der Waals surface area contributed by atoms with Crippen molar-refractivity contribution in [3.63, 3.8) is 0 Å². The summed E-state index contributed by atoms with van der Waals surface area (Å²) >= 11 is 0. The number of ether oxygens (including phenoxy) is 3. The first-order chi connectivity index (χ1) is 46.4. The molecule has 0 saturated carbocycles. The highest BCUT2D eigenvalue weighted by Gasteiger charge is 2.51. The van der Waals surface area contributed by atoms with Gasteiger partial charge < -0.3 is 65.9 Å². The fourth-order valence-electron chi connectivity index (χ4n) is 11.0. The number of alkyl carbamates (subject to hydrolysis) is 1. The van der Waals surface area contributed by atoms with Crippen LogP contribution in [0, 0.1) is 11.6 Å². The predicted molar refractivity (Wildman–Crippen MR) is 335 cm³/mol. The monoisotopic (exact) mass is 1370 g/mol. The molecular weight excluding hydrogens is 1300 g/mol. The number of carbonyl (C=O) groups is 6. The molecule has 6 aromatic rings. The van der Waals surface area contributed by atoms with E-state index in [0.717, 1.165) is 98.6 Å². The van der Waals surface area contributed by atoms with Gasteiger partial charge in [0, 0.05) is 75.6 Å². The molecule has 5 aliphatic heterocycles. The zero-order valence-corrected chi connectivity index (χ0v) is 52.5. The molecule has 2 amide bonds. The number of amides is 2. The van der Waals surface area contributed by atoms with Gasteiger partial charge >= 0.3 is 42.9 Å². The summed E-state index contributed by atoms with van der Waals surface area (Å²) in [7, 11) is 0. The number of esters is 1. The Labute approximate surface area is 550 Å². The molecule has 0 radical (unpaired) electrons. The summed E-state index contributed by atoms with van der Waals surface area (Å²) in [5.74, 6) is -3.27. The second kappa shape index (κ2) is 35.3. The number of piperidine rings is 2. The molecule has 5 aliphatic rings. The van der Waals surface area contributed by atoms with Gasteiger partial charge in [-0.2, -0.15) is 35.1 Å². The topological polar surface area (TPSA) is 338 Å². The van der Waals surface area contributed by atoms with Crippen molar-refractivity contribution in [1.82, 2.24) is 40.1 Å². The number of nitrogens with zero attached hydrogens (tertiary/aromatic N) is 9. The molecule has 0 bridgehead atoms. The summed E-state index contributed by atoms with van der Waals surface area (Å²) < 4.78 is 108. The Balaban J connectivity index is 0.000000229. The molecule has 4 aromatic heterocycles. The fraction of sp³-hybridized carbons (Fsp3) is 0.429. The smallest absolute Gasteiger partial charge is 0.483 e. The molecule has 97 heavy (non-hydrogen) atoms. The highest BCUT2D eigenvalue weighted by Crippen LogP contribution is 2.36. The number of anilines is 6. The third-order valence-corrected chi connectivity index (χ3v) is 15.7. The number of alkyl halides is 6. The lowest BCUT2D eigenvalue weighted by Gasteiger charge is -2.33. The molecule has 2 aromatic carbocycles. The van der Waals surface area contributed by atoms with Gasteiger partial charge in [-0.15, -0.1) is 0 Å². The number of cyclic esters (lactones) is 1. The fourth-order valence-corrected chi connectivity index (χ4v) is 11.0. The van der Waals surface area contributed by atoms with Crippen molar-refractivity contribution in [2.45, 2.75) is 121 Å². The van der Waals surface area contributed by atoms with Crippen LogP contribution in [0.1, 0.15) is 97.8 Å². The zero-order valence-electron chi connectivity index (χ0n) is 52.5. The van der Waals surface area contributed by atoms with Gasteiger partial charge in [0.05, 0.1) is 0 Å². The van der Waals surface area contributed by atoms with Gasteiger partial charge in [0.25, 0.3) is 6.47 Å². The van der Waals surface area contributed by atoms with Gasteiger partial charge in [0.15, 0.2) is 35.0 Å². The number of benzene rings is 2. The van der Waals surface area contributed by atoms with E-state index in [0.29, 0.717) is 26.2 Å². The van der Waals surface area contributed by atoms with Crippen LogP contribution in [0.25, 0.3) is 0 Å². The van der Waals surface area contributed by atoms with Crippen LogP contribution in [0.3, 0.4) is 0 Å². The number of pyridine rings is 2. The molecule has 522 valence electrons. The predicted octanol–water partition coefficient (Wildman–Crippen LogP) is 9.52. The van der Waals surface area contributed by atoms with Crippen LogP contribution in [0.5, 0.6) is 0 Å². The largest absolute Gasteiger partial charge is 0.490 e. The summed E-state index contributed by atoms with van der Waals surface area (Å²) in [6.45, 7) is 3.23. The lowest BCUT2D eigenvalue weighted by Crippen LogP contribution is -2.50. The van der Waals surface area contributed by atoms with Crippen LogP contribution >= 0.6 is 0 Å². The average Bonchev–Trinajstić information content (AvgIpc) is 1.66. The normalized spacial score (nSPS) is 16.6. The number of hydrogen-bond donors (Lipinski definition) is 8. The molecule has 0 aliphatic carbocycles. The second-order valence-corrected chi connectivity index (χ2v) is 22.6. The minimum Gasteiger partial charge on any atom is -0.483 e. The Morgan fingerprint density at radius 3 is 1.57 bits per heavy atom. The van der Waals surface area contributed by atoms with Gasteiger partial charge in [-0.05, 0) is 99.6 Å². The molecule has 8 N–H and O–H groups in total. The Hall–Kier alpha value is -10.4. The molecule has 34 heteroatoms. The summed E-state index contributed by atoms with van der Waals surface area (Å²) in [6.07, 6.45) is 3.42. The number of carbonyl (C=O) groups excluding carboxylic acids is 3. The summed E-state index contributed by atoms with van der Waals surface area (Å²) in [4.78, 5) is 98.1. The van der Waals surface area contributed by atoms with Crippen LogP contribution in [0.15, 0.2) is 97.6 Å². The van der Waals surface area contributed by atoms with E-state index in [1.807, 2.05) is 46.2 Å². The molecular formula is C63H72F8N14O12. The molecule has 26 nitrogen and oxygen atoms in total. The molecule has 11 rings (SSSR count). The number of carboxylic acids is 2. The van der Waals surface area contributed by atoms with Crippen molar-refractivity contribution in [1.29, 1.82) is 0 Å². The van der Waals surface area contributed by atoms with Crippen LogP contribution < -0.4 is 36.4 Å². The number of fused-ring (bicyclic) bond motifs is 2. The molecule has 0 spiro atoms. The third kappa shape index (κ3) is 21.5. The number of aromatic nitrogens is 6. The first-order valence-corrected chi connectivity index (χ1v) is 30.6. The van der Waals surface area contributed by atoms with E-state index in [2.05, 4.69) is 70.8 Å². The van der Waals surface area contributed by atoms with Crippen LogP contribution in [0.4, 0.5) is 79.6 Å². The van der Waals surface area contributed by atoms with Crippen molar-refractivity contribution in [2.75, 3.05) is 83.4 Å². The van der Waals surface area contributed by atoms with Crippen molar-refractivity contribution in [3.05, 3.63) is 143 Å².